The van der Waals surface area contributed by atoms with E-state index in [0.29, 0.717) is 12.8 Å². The number of aliphatic hydroxyl groups is 7. The fourth-order valence-corrected chi connectivity index (χ4v) is 7.44. The number of ether oxygens (including phenoxy) is 6. The summed E-state index contributed by atoms with van der Waals surface area (Å²) in [5.74, 6) is -0.970. The second-order valence-corrected chi connectivity index (χ2v) is 17.4. The number of unbranched alkanes of at least 4 members (excludes halogenated alkanes) is 15. The molecule has 0 radical (unpaired) electrons. The van der Waals surface area contributed by atoms with E-state index in [1.54, 1.807) is 0 Å². The van der Waals surface area contributed by atoms with Crippen LogP contribution in [-0.4, -0.2) is 142 Å². The molecule has 15 nitrogen and oxygen atoms in total. The summed E-state index contributed by atoms with van der Waals surface area (Å²) < 4.78 is 33.5. The summed E-state index contributed by atoms with van der Waals surface area (Å²) in [5, 5.41) is 72.0. The standard InChI is InChI=1S/C51H86O15/c1-3-5-7-9-11-13-15-17-19-21-23-25-27-29-31-33-42(53)61-36-39(64-43(54)34-32-30-28-26-24-22-20-18-16-14-12-10-8-6-4-2)37-62-50-49(60)47(58)45(56)41(66-50)38-63-51-48(59)46(57)44(55)40(35-52)65-51/h6,8,12,14-15,18-20,39-41,44-52,55-60H,3-5,7,9-11,13,16,21-38H2,1-2H3/b8-6+,14-12+,20-18+/t17?,39-,40-,41-,44+,45+,46?,47?,48?,49?,50-,51-/m1/s1. The fourth-order valence-electron chi connectivity index (χ4n) is 7.44. The van der Waals surface area contributed by atoms with Crippen LogP contribution in [0.25, 0.3) is 0 Å². The normalized spacial score (nSPS) is 26.2. The molecule has 0 aromatic carbocycles. The lowest BCUT2D eigenvalue weighted by Crippen LogP contribution is -2.61. The van der Waals surface area contributed by atoms with Gasteiger partial charge in [0.15, 0.2) is 18.7 Å². The first kappa shape index (κ1) is 59.4. The molecule has 4 unspecified atom stereocenters. The fraction of sp³-hybridized carbons (Fsp3) is 0.784. The smallest absolute Gasteiger partial charge is 0.306 e. The maximum atomic E-state index is 13.0. The van der Waals surface area contributed by atoms with E-state index in [1.165, 1.54) is 32.1 Å². The quantitative estimate of drug-likeness (QED) is 0.0153. The maximum Gasteiger partial charge on any atom is 0.306 e. The van der Waals surface area contributed by atoms with Gasteiger partial charge in [0.05, 0.1) is 19.8 Å². The van der Waals surface area contributed by atoms with Crippen molar-refractivity contribution in [2.24, 2.45) is 0 Å². The van der Waals surface area contributed by atoms with Crippen molar-refractivity contribution in [2.75, 3.05) is 26.4 Å². The predicted molar refractivity (Wildman–Crippen MR) is 251 cm³/mol. The van der Waals surface area contributed by atoms with Crippen molar-refractivity contribution in [3.8, 4) is 0 Å². The molecular formula is C51H86O15. The molecule has 0 bridgehead atoms. The highest BCUT2D eigenvalue weighted by atomic mass is 16.7. The summed E-state index contributed by atoms with van der Waals surface area (Å²) in [7, 11) is 0. The van der Waals surface area contributed by atoms with Crippen molar-refractivity contribution in [2.45, 2.75) is 229 Å². The summed E-state index contributed by atoms with van der Waals surface area (Å²) in [6.45, 7) is 2.40. The Kier molecular flexibility index (Phi) is 34.3. The van der Waals surface area contributed by atoms with Gasteiger partial charge in [0.2, 0.25) is 0 Å². The third-order valence-corrected chi connectivity index (χ3v) is 11.6. The van der Waals surface area contributed by atoms with Crippen LogP contribution < -0.4 is 0 Å². The number of esters is 2. The molecule has 380 valence electrons. The van der Waals surface area contributed by atoms with Crippen LogP contribution >= 0.6 is 0 Å². The number of hydrogen-bond acceptors (Lipinski definition) is 15. The zero-order valence-electron chi connectivity index (χ0n) is 40.0. The number of carbonyl (C=O) groups excluding carboxylic acids is 2. The van der Waals surface area contributed by atoms with Gasteiger partial charge in [-0.05, 0) is 82.8 Å². The Morgan fingerprint density at radius 3 is 1.65 bits per heavy atom. The molecule has 15 heteroatoms. The van der Waals surface area contributed by atoms with Gasteiger partial charge in [-0.3, -0.25) is 9.59 Å². The third kappa shape index (κ3) is 26.1. The van der Waals surface area contributed by atoms with Crippen LogP contribution in [0.3, 0.4) is 0 Å². The van der Waals surface area contributed by atoms with Crippen LogP contribution in [0.4, 0.5) is 0 Å². The van der Waals surface area contributed by atoms with Crippen molar-refractivity contribution in [1.82, 2.24) is 0 Å². The Hall–Kier alpha value is -2.76. The van der Waals surface area contributed by atoms with Crippen molar-refractivity contribution in [3.05, 3.63) is 54.3 Å². The van der Waals surface area contributed by atoms with Crippen LogP contribution in [0.2, 0.25) is 0 Å². The first-order chi connectivity index (χ1) is 32.0. The van der Waals surface area contributed by atoms with Crippen molar-refractivity contribution in [3.63, 3.8) is 0 Å². The minimum Gasteiger partial charge on any atom is -0.462 e. The Labute approximate surface area is 394 Å². The highest BCUT2D eigenvalue weighted by Crippen LogP contribution is 2.26. The number of allylic oxidation sites excluding steroid dienone is 7. The summed E-state index contributed by atoms with van der Waals surface area (Å²) in [4.78, 5) is 25.7. The molecule has 0 aromatic rings. The Balaban J connectivity index is 1.84. The van der Waals surface area contributed by atoms with Gasteiger partial charge in [-0.15, -0.1) is 5.73 Å². The lowest BCUT2D eigenvalue weighted by Gasteiger charge is -2.42. The zero-order chi connectivity index (χ0) is 48.2. The van der Waals surface area contributed by atoms with Crippen molar-refractivity contribution < 1.29 is 73.8 Å². The molecule has 2 rings (SSSR count). The van der Waals surface area contributed by atoms with Gasteiger partial charge in [0.1, 0.15) is 55.4 Å². The van der Waals surface area contributed by atoms with Crippen LogP contribution in [0, 0.1) is 0 Å². The molecule has 0 spiro atoms. The maximum absolute atomic E-state index is 13.0. The first-order valence-corrected chi connectivity index (χ1v) is 25.0. The van der Waals surface area contributed by atoms with Gasteiger partial charge in [-0.25, -0.2) is 0 Å². The SMILES string of the molecule is CC/C=C/C/C=C/C/C=C/CCCCCCCC(=O)O[C@H](COC(=O)CCCCCCCC=C=CCCCCCCC)CO[C@@H]1O[C@H](CO[C@@H]2O[C@H](CO)[C@H](O)C(O)C2O)[C@H](O)C(O)C1O. The minimum absolute atomic E-state index is 0.139. The van der Waals surface area contributed by atoms with E-state index in [0.717, 1.165) is 89.9 Å². The number of carbonyl (C=O) groups is 2. The van der Waals surface area contributed by atoms with Gasteiger partial charge < -0.3 is 64.2 Å². The van der Waals surface area contributed by atoms with Crippen molar-refractivity contribution >= 4 is 11.9 Å². The number of rotatable bonds is 37. The molecule has 0 saturated carbocycles. The molecule has 11 atom stereocenters. The molecule has 2 aliphatic rings. The first-order valence-electron chi connectivity index (χ1n) is 25.0. The van der Waals surface area contributed by atoms with Gasteiger partial charge in [0.25, 0.3) is 0 Å². The summed E-state index contributed by atoms with van der Waals surface area (Å²) in [6, 6.07) is 0. The average Bonchev–Trinajstić information content (AvgIpc) is 3.31. The van der Waals surface area contributed by atoms with Gasteiger partial charge in [0, 0.05) is 12.8 Å². The lowest BCUT2D eigenvalue weighted by molar-refractivity contribution is -0.332. The molecule has 0 amide bonds. The third-order valence-electron chi connectivity index (χ3n) is 11.6. The monoisotopic (exact) mass is 939 g/mol. The second-order valence-electron chi connectivity index (χ2n) is 17.4. The summed E-state index contributed by atoms with van der Waals surface area (Å²) in [5.41, 5.74) is 3.28. The number of hydrogen-bond donors (Lipinski definition) is 7. The molecule has 7 N–H and O–H groups in total. The van der Waals surface area contributed by atoms with E-state index in [-0.39, 0.29) is 19.4 Å². The minimum atomic E-state index is -1.77. The van der Waals surface area contributed by atoms with E-state index >= 15 is 0 Å². The topological polar surface area (TPSA) is 231 Å². The Morgan fingerprint density at radius 1 is 0.545 bits per heavy atom. The Bertz CT molecular complexity index is 1390. The molecule has 0 aromatic heterocycles. The van der Waals surface area contributed by atoms with Crippen LogP contribution in [0.5, 0.6) is 0 Å². The van der Waals surface area contributed by atoms with E-state index in [9.17, 15) is 45.3 Å². The molecule has 2 fully saturated rings. The summed E-state index contributed by atoms with van der Waals surface area (Å²) in [6.07, 6.45) is 22.1. The summed E-state index contributed by atoms with van der Waals surface area (Å²) >= 11 is 0. The number of aliphatic hydroxyl groups excluding tert-OH is 7. The molecule has 2 heterocycles. The average molecular weight is 939 g/mol. The van der Waals surface area contributed by atoms with Crippen LogP contribution in [0.15, 0.2) is 54.3 Å². The Morgan fingerprint density at radius 2 is 1.05 bits per heavy atom. The molecule has 2 saturated heterocycles. The largest absolute Gasteiger partial charge is 0.462 e. The van der Waals surface area contributed by atoms with E-state index in [4.69, 9.17) is 28.4 Å². The van der Waals surface area contributed by atoms with E-state index < -0.39 is 99.3 Å². The van der Waals surface area contributed by atoms with Crippen molar-refractivity contribution in [1.29, 1.82) is 0 Å². The molecule has 2 aliphatic heterocycles. The van der Waals surface area contributed by atoms with E-state index in [2.05, 4.69) is 68.2 Å². The molecular weight excluding hydrogens is 853 g/mol. The molecule has 66 heavy (non-hydrogen) atoms. The zero-order valence-corrected chi connectivity index (χ0v) is 40.0. The van der Waals surface area contributed by atoms with Crippen LogP contribution in [-0.2, 0) is 38.0 Å². The second kappa shape index (κ2) is 38.1. The van der Waals surface area contributed by atoms with Gasteiger partial charge in [-0.1, -0.05) is 115 Å². The highest BCUT2D eigenvalue weighted by Gasteiger charge is 2.47. The molecule has 0 aliphatic carbocycles. The van der Waals surface area contributed by atoms with Crippen LogP contribution in [0.1, 0.15) is 162 Å². The van der Waals surface area contributed by atoms with E-state index in [1.807, 2.05) is 0 Å². The van der Waals surface area contributed by atoms with Gasteiger partial charge >= 0.3 is 11.9 Å². The predicted octanol–water partition coefficient (Wildman–Crippen LogP) is 6.47. The lowest BCUT2D eigenvalue weighted by atomic mass is 9.98. The highest BCUT2D eigenvalue weighted by molar-refractivity contribution is 5.70. The van der Waals surface area contributed by atoms with Gasteiger partial charge in [-0.2, -0.15) is 0 Å².